The zero-order chi connectivity index (χ0) is 55.9. The number of ether oxygens (including phenoxy) is 3. The molecular weight excluding hydrogens is 985 g/mol. The first kappa shape index (κ1) is 63.2. The van der Waals surface area contributed by atoms with Crippen LogP contribution in [0.15, 0.2) is 21.3 Å². The summed E-state index contributed by atoms with van der Waals surface area (Å²) in [5.74, 6) is -5.54. The van der Waals surface area contributed by atoms with Crippen LogP contribution >= 0.6 is 0 Å². The van der Waals surface area contributed by atoms with Gasteiger partial charge in [-0.3, -0.25) is 49.2 Å². The molecule has 29 heteroatoms. The number of unbranched alkanes of at least 4 members (excludes halogenated alkanes) is 1. The quantitative estimate of drug-likeness (QED) is 0.00783. The van der Waals surface area contributed by atoms with Crippen molar-refractivity contribution in [3.8, 4) is 11.5 Å². The van der Waals surface area contributed by atoms with Crippen LogP contribution in [-0.4, -0.2) is 137 Å². The highest BCUT2D eigenvalue weighted by Crippen LogP contribution is 2.42. The van der Waals surface area contributed by atoms with Gasteiger partial charge >= 0.3 is 11.6 Å². The summed E-state index contributed by atoms with van der Waals surface area (Å²) in [7, 11) is 1.35. The molecule has 0 saturated heterocycles. The molecule has 1 aromatic heterocycles. The number of esters is 1. The smallest absolute Gasteiger partial charge is 0.336 e. The lowest BCUT2D eigenvalue weighted by atomic mass is 10.0. The van der Waals surface area contributed by atoms with Crippen LogP contribution in [0.5, 0.6) is 11.5 Å². The van der Waals surface area contributed by atoms with Gasteiger partial charge in [0.1, 0.15) is 24.2 Å². The lowest BCUT2D eigenvalue weighted by Crippen LogP contribution is -2.54. The summed E-state index contributed by atoms with van der Waals surface area (Å²) < 4.78 is 22.4. The molecular formula is C46H76N16O13. The number of methoxy groups -OCH3 is 1. The van der Waals surface area contributed by atoms with Crippen LogP contribution in [0.25, 0.3) is 11.0 Å². The van der Waals surface area contributed by atoms with Gasteiger partial charge in [-0.2, -0.15) is 0 Å². The van der Waals surface area contributed by atoms with Crippen molar-refractivity contribution in [3.63, 3.8) is 0 Å². The molecule has 4 atom stereocenters. The fourth-order valence-corrected chi connectivity index (χ4v) is 7.19. The molecule has 0 bridgehead atoms. The number of carbonyl (C=O) groups excluding carboxylic acids is 8. The summed E-state index contributed by atoms with van der Waals surface area (Å²) in [4.78, 5) is 114. The summed E-state index contributed by atoms with van der Waals surface area (Å²) in [5.41, 5.74) is 33.3. The summed E-state index contributed by atoms with van der Waals surface area (Å²) in [6.45, 7) is 1.61. The normalized spacial score (nSPS) is 12.4. The largest absolute Gasteiger partial charge is 0.491 e. The van der Waals surface area contributed by atoms with Crippen molar-refractivity contribution in [2.75, 3.05) is 65.3 Å². The van der Waals surface area contributed by atoms with Gasteiger partial charge in [-0.05, 0) is 90.3 Å². The summed E-state index contributed by atoms with van der Waals surface area (Å²) >= 11 is 0. The minimum atomic E-state index is -1.23. The molecule has 22 N–H and O–H groups in total. The summed E-state index contributed by atoms with van der Waals surface area (Å²) in [5, 5.41) is 35.4. The van der Waals surface area contributed by atoms with Crippen molar-refractivity contribution >= 4 is 75.9 Å². The summed E-state index contributed by atoms with van der Waals surface area (Å²) in [6.07, 6.45) is 1.95. The van der Waals surface area contributed by atoms with Gasteiger partial charge in [0.15, 0.2) is 23.3 Å². The van der Waals surface area contributed by atoms with Gasteiger partial charge in [0, 0.05) is 55.9 Å². The predicted molar refractivity (Wildman–Crippen MR) is 275 cm³/mol. The van der Waals surface area contributed by atoms with Crippen molar-refractivity contribution in [2.24, 2.45) is 28.7 Å². The number of benzene rings is 1. The number of anilines is 1. The fourth-order valence-electron chi connectivity index (χ4n) is 7.19. The minimum absolute atomic E-state index is 0.0101. The van der Waals surface area contributed by atoms with Crippen LogP contribution in [0, 0.1) is 10.8 Å². The minimum Gasteiger partial charge on any atom is -0.491 e. The topological polar surface area (TPSA) is 495 Å². The van der Waals surface area contributed by atoms with E-state index in [1.54, 1.807) is 6.92 Å². The fraction of sp³-hybridized carbons (Fsp3) is 0.587. The lowest BCUT2D eigenvalue weighted by Gasteiger charge is -2.22. The average Bonchev–Trinajstić information content (AvgIpc) is 3.35. The van der Waals surface area contributed by atoms with Crippen LogP contribution in [0.4, 0.5) is 5.69 Å². The first-order chi connectivity index (χ1) is 35.7. The number of fused-ring (bicyclic) bond motifs is 1. The Morgan fingerprint density at radius 1 is 0.627 bits per heavy atom. The zero-order valence-electron chi connectivity index (χ0n) is 42.6. The number of nitrogens with one attached hydrogen (secondary N) is 10. The Bertz CT molecular complexity index is 2330. The van der Waals surface area contributed by atoms with Crippen molar-refractivity contribution in [3.05, 3.63) is 28.1 Å². The lowest BCUT2D eigenvalue weighted by molar-refractivity contribution is -0.148. The second-order valence-electron chi connectivity index (χ2n) is 17.1. The van der Waals surface area contributed by atoms with E-state index in [-0.39, 0.29) is 125 Å². The molecule has 0 saturated carbocycles. The standard InChI is InChI=1S/C46H76N16O13/c1-26(74-37(67)15-6-17-48)27-23-38(68)75-39-28(27)22-29(49)40(72-2)41(39)73-21-9-14-33(63)55-18-4-3-10-30(42(50)69)62-44(71)32(12-8-20-57-46(53)54)61-36(66)25-58-35(65)24-59-43(70)31(11-7-19-56-45(51)52)60-34(64)13-5-16-47/h22-23,26,30-32H,3-21,24-25,47-49H2,1-2H3,(H2,50,69)(H,55,63)(H,58,65)(H,59,70)(H,60,64)(H,61,66)(H,62,71)(H4,51,52,56)(H4,53,54,57). The number of amides is 7. The second-order valence-corrected chi connectivity index (χ2v) is 17.1. The van der Waals surface area contributed by atoms with E-state index in [1.165, 1.54) is 19.2 Å². The van der Waals surface area contributed by atoms with Gasteiger partial charge in [0.05, 0.1) is 32.5 Å². The van der Waals surface area contributed by atoms with Crippen LogP contribution in [-0.2, 0) is 43.1 Å². The number of nitrogen functional groups attached to an aromatic ring is 1. The monoisotopic (exact) mass is 1060 g/mol. The SMILES string of the molecule is COc1c(N)cc2c(C(C)OC(=O)CCCN)cc(=O)oc2c1OCCCC(=O)NCCCCC(NC(=O)C(CCCNC(=N)N)NC(=O)CNC(=O)CNC(=O)C(CCCNC(=N)N)NC(=O)CCCN)C(N)=O. The van der Waals surface area contributed by atoms with Gasteiger partial charge in [-0.25, -0.2) is 4.79 Å². The Labute approximate surface area is 433 Å². The van der Waals surface area contributed by atoms with E-state index in [2.05, 4.69) is 42.5 Å². The van der Waals surface area contributed by atoms with Crippen LogP contribution in [0.1, 0.15) is 102 Å². The first-order valence-corrected chi connectivity index (χ1v) is 24.5. The third-order valence-electron chi connectivity index (χ3n) is 11.0. The number of guanidine groups is 2. The van der Waals surface area contributed by atoms with Crippen LogP contribution in [0.2, 0.25) is 0 Å². The number of hydrogen-bond acceptors (Lipinski definition) is 18. The van der Waals surface area contributed by atoms with E-state index in [4.69, 9.17) is 63.8 Å². The Balaban J connectivity index is 1.93. The molecule has 4 unspecified atom stereocenters. The molecule has 0 radical (unpaired) electrons. The molecule has 7 amide bonds. The third-order valence-corrected chi connectivity index (χ3v) is 11.0. The number of primary amides is 1. The highest BCUT2D eigenvalue weighted by molar-refractivity contribution is 5.95. The molecule has 0 aliphatic rings. The van der Waals surface area contributed by atoms with Gasteiger partial charge in [-0.15, -0.1) is 0 Å². The van der Waals surface area contributed by atoms with E-state index >= 15 is 0 Å². The second kappa shape index (κ2) is 34.5. The van der Waals surface area contributed by atoms with Gasteiger partial charge in [0.2, 0.25) is 47.1 Å². The first-order valence-electron chi connectivity index (χ1n) is 24.5. The average molecular weight is 1060 g/mol. The number of rotatable bonds is 37. The van der Waals surface area contributed by atoms with Crippen molar-refractivity contribution in [1.29, 1.82) is 10.8 Å². The van der Waals surface area contributed by atoms with E-state index in [0.717, 1.165) is 0 Å². The highest BCUT2D eigenvalue weighted by atomic mass is 16.5. The maximum atomic E-state index is 13.5. The maximum Gasteiger partial charge on any atom is 0.336 e. The molecule has 0 aliphatic heterocycles. The molecule has 2 aromatic rings. The Morgan fingerprint density at radius 3 is 1.81 bits per heavy atom. The summed E-state index contributed by atoms with van der Waals surface area (Å²) in [6, 6.07) is -0.692. The molecule has 0 aliphatic carbocycles. The van der Waals surface area contributed by atoms with E-state index in [9.17, 15) is 43.2 Å². The van der Waals surface area contributed by atoms with Crippen molar-refractivity contribution in [1.82, 2.24) is 42.5 Å². The molecule has 29 nitrogen and oxygen atoms in total. The van der Waals surface area contributed by atoms with Gasteiger partial charge < -0.3 is 95.6 Å². The highest BCUT2D eigenvalue weighted by Gasteiger charge is 2.27. The van der Waals surface area contributed by atoms with E-state index in [0.29, 0.717) is 49.6 Å². The number of carbonyl (C=O) groups is 8. The Kier molecular flexibility index (Phi) is 29.0. The van der Waals surface area contributed by atoms with Crippen molar-refractivity contribution in [2.45, 2.75) is 115 Å². The predicted octanol–water partition coefficient (Wildman–Crippen LogP) is -3.39. The molecule has 0 fully saturated rings. The van der Waals surface area contributed by atoms with E-state index < -0.39 is 84.4 Å². The number of hydrogen-bond donors (Lipinski definition) is 16. The maximum absolute atomic E-state index is 13.5. The van der Waals surface area contributed by atoms with Gasteiger partial charge in [-0.1, -0.05) is 0 Å². The van der Waals surface area contributed by atoms with Gasteiger partial charge in [0.25, 0.3) is 0 Å². The molecule has 1 aromatic carbocycles. The third kappa shape index (κ3) is 24.6. The molecule has 75 heavy (non-hydrogen) atoms. The van der Waals surface area contributed by atoms with Crippen LogP contribution < -0.4 is 92.0 Å². The molecule has 418 valence electrons. The Hall–Kier alpha value is -7.95. The zero-order valence-corrected chi connectivity index (χ0v) is 42.6. The Morgan fingerprint density at radius 2 is 1.20 bits per heavy atom. The van der Waals surface area contributed by atoms with Crippen LogP contribution in [0.3, 0.4) is 0 Å². The van der Waals surface area contributed by atoms with E-state index in [1.807, 2.05) is 0 Å². The van der Waals surface area contributed by atoms with Crippen molar-refractivity contribution < 1.29 is 57.0 Å². The molecule has 1 heterocycles. The molecule has 0 spiro atoms. The number of nitrogens with two attached hydrogens (primary N) is 6. The molecule has 2 rings (SSSR count).